The smallest absolute Gasteiger partial charge is 0.407 e. The zero-order valence-corrected chi connectivity index (χ0v) is 28.3. The highest BCUT2D eigenvalue weighted by Gasteiger charge is 2.40. The van der Waals surface area contributed by atoms with E-state index in [1.165, 1.54) is 5.56 Å². The minimum atomic E-state index is -0.356. The molecule has 3 aromatic carbocycles. The maximum Gasteiger partial charge on any atom is 0.407 e. The molecule has 9 heteroatoms. The van der Waals surface area contributed by atoms with Crippen molar-refractivity contribution >= 4 is 47.6 Å². The standard InChI is InChI=1S/C36H43Cl2N3O3.ClH/c1-2-44-34(43)39-26-35(29-13-7-4-8-14-29)19-23-40(24-20-35)21-9-17-36(30-15-16-31(37)32(38)25-30)18-10-22-41(27-36)33(42)28-11-5-3-6-12-28;/h3-8,11-16,25H,2,9-10,17-24,26-27H2,1H3,(H,39,43);1H. The van der Waals surface area contributed by atoms with Crippen molar-refractivity contribution in [2.75, 3.05) is 45.9 Å². The maximum atomic E-state index is 13.5. The van der Waals surface area contributed by atoms with Crippen LogP contribution in [0, 0.1) is 0 Å². The summed E-state index contributed by atoms with van der Waals surface area (Å²) >= 11 is 12.9. The molecule has 0 bridgehead atoms. The lowest BCUT2D eigenvalue weighted by atomic mass is 9.70. The summed E-state index contributed by atoms with van der Waals surface area (Å²) in [4.78, 5) is 30.2. The fourth-order valence-corrected chi connectivity index (χ4v) is 7.40. The Balaban J connectivity index is 0.00000461. The van der Waals surface area contributed by atoms with Gasteiger partial charge in [0.1, 0.15) is 0 Å². The molecule has 2 aliphatic rings. The highest BCUT2D eigenvalue weighted by Crippen LogP contribution is 2.41. The van der Waals surface area contributed by atoms with Crippen molar-refractivity contribution in [3.8, 4) is 0 Å². The first-order valence-corrected chi connectivity index (χ1v) is 16.6. The second-order valence-corrected chi connectivity index (χ2v) is 13.1. The van der Waals surface area contributed by atoms with Gasteiger partial charge in [-0.25, -0.2) is 4.79 Å². The van der Waals surface area contributed by atoms with Gasteiger partial charge in [0.05, 0.1) is 16.7 Å². The van der Waals surface area contributed by atoms with Crippen molar-refractivity contribution in [1.82, 2.24) is 15.1 Å². The van der Waals surface area contributed by atoms with Crippen LogP contribution in [-0.4, -0.2) is 67.7 Å². The number of halogens is 3. The molecule has 0 aliphatic carbocycles. The quantitative estimate of drug-likeness (QED) is 0.236. The Morgan fingerprint density at radius 3 is 2.20 bits per heavy atom. The van der Waals surface area contributed by atoms with Gasteiger partial charge >= 0.3 is 6.09 Å². The SMILES string of the molecule is CCOC(=O)NCC1(c2ccccc2)CCN(CCCC2(c3ccc(Cl)c(Cl)c3)CCCN(C(=O)c3ccccc3)C2)CC1.Cl. The molecular weight excluding hydrogens is 629 g/mol. The van der Waals surface area contributed by atoms with Gasteiger partial charge in [0.25, 0.3) is 5.91 Å². The van der Waals surface area contributed by atoms with Crippen LogP contribution >= 0.6 is 35.6 Å². The largest absolute Gasteiger partial charge is 0.450 e. The molecule has 1 N–H and O–H groups in total. The summed E-state index contributed by atoms with van der Waals surface area (Å²) in [5.41, 5.74) is 2.84. The molecule has 2 heterocycles. The van der Waals surface area contributed by atoms with Gasteiger partial charge in [0.15, 0.2) is 0 Å². The van der Waals surface area contributed by atoms with E-state index in [-0.39, 0.29) is 35.2 Å². The number of nitrogens with zero attached hydrogens (tertiary/aromatic N) is 2. The molecule has 1 atom stereocenters. The monoisotopic (exact) mass is 671 g/mol. The van der Waals surface area contributed by atoms with Crippen LogP contribution < -0.4 is 5.32 Å². The van der Waals surface area contributed by atoms with E-state index in [1.54, 1.807) is 0 Å². The van der Waals surface area contributed by atoms with Gasteiger partial charge in [0, 0.05) is 36.0 Å². The Kier molecular flexibility index (Phi) is 12.6. The van der Waals surface area contributed by atoms with Crippen LogP contribution in [0.2, 0.25) is 10.0 Å². The summed E-state index contributed by atoms with van der Waals surface area (Å²) < 4.78 is 5.15. The summed E-state index contributed by atoms with van der Waals surface area (Å²) in [6.07, 6.45) is 5.46. The van der Waals surface area contributed by atoms with Gasteiger partial charge in [-0.05, 0) is 100 Å². The van der Waals surface area contributed by atoms with Crippen molar-refractivity contribution in [3.05, 3.63) is 106 Å². The Morgan fingerprint density at radius 2 is 1.53 bits per heavy atom. The number of carbonyl (C=O) groups excluding carboxylic acids is 2. The predicted octanol–water partition coefficient (Wildman–Crippen LogP) is 8.15. The zero-order chi connectivity index (χ0) is 31.0. The molecule has 3 aromatic rings. The van der Waals surface area contributed by atoms with Crippen LogP contribution in [0.4, 0.5) is 4.79 Å². The first-order chi connectivity index (χ1) is 21.3. The number of ether oxygens (including phenoxy) is 1. The first-order valence-electron chi connectivity index (χ1n) is 15.8. The number of rotatable bonds is 10. The minimum absolute atomic E-state index is 0. The van der Waals surface area contributed by atoms with Gasteiger partial charge in [-0.3, -0.25) is 4.79 Å². The molecule has 2 fully saturated rings. The highest BCUT2D eigenvalue weighted by atomic mass is 35.5. The number of benzene rings is 3. The van der Waals surface area contributed by atoms with E-state index in [9.17, 15) is 9.59 Å². The van der Waals surface area contributed by atoms with Crippen LogP contribution in [0.1, 0.15) is 66.9 Å². The fourth-order valence-electron chi connectivity index (χ4n) is 7.11. The summed E-state index contributed by atoms with van der Waals surface area (Å²) in [6, 6.07) is 26.1. The Hall–Kier alpha value is -2.77. The third-order valence-corrected chi connectivity index (χ3v) is 10.3. The van der Waals surface area contributed by atoms with Crippen LogP contribution in [0.5, 0.6) is 0 Å². The molecule has 0 aromatic heterocycles. The average Bonchev–Trinajstić information content (AvgIpc) is 3.06. The zero-order valence-electron chi connectivity index (χ0n) is 26.0. The number of likely N-dealkylation sites (tertiary alicyclic amines) is 2. The molecule has 45 heavy (non-hydrogen) atoms. The minimum Gasteiger partial charge on any atom is -0.450 e. The number of hydrogen-bond acceptors (Lipinski definition) is 4. The molecule has 5 rings (SSSR count). The summed E-state index contributed by atoms with van der Waals surface area (Å²) in [5, 5.41) is 4.12. The molecule has 6 nitrogen and oxygen atoms in total. The number of hydrogen-bond donors (Lipinski definition) is 1. The molecule has 0 radical (unpaired) electrons. The molecule has 0 spiro atoms. The van der Waals surface area contributed by atoms with E-state index in [4.69, 9.17) is 27.9 Å². The molecule has 2 amide bonds. The van der Waals surface area contributed by atoms with Gasteiger partial charge in [0.2, 0.25) is 0 Å². The van der Waals surface area contributed by atoms with Crippen molar-refractivity contribution in [2.24, 2.45) is 0 Å². The molecule has 2 aliphatic heterocycles. The van der Waals surface area contributed by atoms with Crippen LogP contribution in [-0.2, 0) is 15.6 Å². The number of carbonyl (C=O) groups is 2. The van der Waals surface area contributed by atoms with Crippen LogP contribution in [0.25, 0.3) is 0 Å². The normalized spacial score (nSPS) is 19.8. The molecule has 1 unspecified atom stereocenters. The van der Waals surface area contributed by atoms with Gasteiger partial charge in [-0.15, -0.1) is 12.4 Å². The Morgan fingerprint density at radius 1 is 0.844 bits per heavy atom. The van der Waals surface area contributed by atoms with E-state index in [1.807, 2.05) is 60.4 Å². The van der Waals surface area contributed by atoms with Gasteiger partial charge in [-0.1, -0.05) is 77.8 Å². The lowest BCUT2D eigenvalue weighted by molar-refractivity contribution is 0.0617. The number of nitrogens with one attached hydrogen (secondary N) is 1. The molecule has 0 saturated carbocycles. The van der Waals surface area contributed by atoms with Crippen molar-refractivity contribution < 1.29 is 14.3 Å². The van der Waals surface area contributed by atoms with Crippen molar-refractivity contribution in [2.45, 2.75) is 56.3 Å². The van der Waals surface area contributed by atoms with Crippen molar-refractivity contribution in [1.29, 1.82) is 0 Å². The van der Waals surface area contributed by atoms with Crippen LogP contribution in [0.15, 0.2) is 78.9 Å². The van der Waals surface area contributed by atoms with Crippen LogP contribution in [0.3, 0.4) is 0 Å². The van der Waals surface area contributed by atoms with E-state index < -0.39 is 0 Å². The van der Waals surface area contributed by atoms with E-state index >= 15 is 0 Å². The average molecular weight is 673 g/mol. The molecular formula is C36H44Cl3N3O3. The lowest BCUT2D eigenvalue weighted by Crippen LogP contribution is -2.50. The Bertz CT molecular complexity index is 1400. The number of alkyl carbamates (subject to hydrolysis) is 1. The first kappa shape index (κ1) is 35.1. The lowest BCUT2D eigenvalue weighted by Gasteiger charge is -2.45. The highest BCUT2D eigenvalue weighted by molar-refractivity contribution is 6.42. The molecule has 242 valence electrons. The second kappa shape index (κ2) is 16.2. The summed E-state index contributed by atoms with van der Waals surface area (Å²) in [5.74, 6) is 0.0828. The second-order valence-electron chi connectivity index (χ2n) is 12.3. The fraction of sp³-hybridized carbons (Fsp3) is 0.444. The Labute approximate surface area is 283 Å². The summed E-state index contributed by atoms with van der Waals surface area (Å²) in [7, 11) is 0. The number of amides is 2. The maximum absolute atomic E-state index is 13.5. The van der Waals surface area contributed by atoms with E-state index in [0.29, 0.717) is 29.7 Å². The third kappa shape index (κ3) is 8.53. The van der Waals surface area contributed by atoms with E-state index in [2.05, 4.69) is 40.5 Å². The van der Waals surface area contributed by atoms with Crippen molar-refractivity contribution in [3.63, 3.8) is 0 Å². The third-order valence-electron chi connectivity index (χ3n) is 9.59. The topological polar surface area (TPSA) is 61.9 Å². The van der Waals surface area contributed by atoms with E-state index in [0.717, 1.165) is 75.8 Å². The number of piperidine rings is 2. The summed E-state index contributed by atoms with van der Waals surface area (Å²) in [6.45, 7) is 7.05. The van der Waals surface area contributed by atoms with Gasteiger partial charge < -0.3 is 19.9 Å². The predicted molar refractivity (Wildman–Crippen MR) is 185 cm³/mol. The van der Waals surface area contributed by atoms with Gasteiger partial charge in [-0.2, -0.15) is 0 Å². The molecule has 2 saturated heterocycles.